The number of methoxy groups -OCH3 is 1. The normalized spacial score (nSPS) is 13.8. The monoisotopic (exact) mass is 450 g/mol. The molecule has 3 aromatic rings. The first-order chi connectivity index (χ1) is 16.1. The van der Waals surface area contributed by atoms with Gasteiger partial charge in [-0.15, -0.1) is 0 Å². The molecule has 1 saturated heterocycles. The van der Waals surface area contributed by atoms with Crippen molar-refractivity contribution >= 4 is 5.69 Å². The van der Waals surface area contributed by atoms with Crippen molar-refractivity contribution in [1.29, 1.82) is 0 Å². The van der Waals surface area contributed by atoms with Gasteiger partial charge in [0.05, 0.1) is 18.1 Å². The van der Waals surface area contributed by atoms with E-state index in [1.54, 1.807) is 0 Å². The third-order valence-electron chi connectivity index (χ3n) is 5.33. The zero-order valence-corrected chi connectivity index (χ0v) is 18.4. The molecule has 0 unspecified atom stereocenters. The zero-order valence-electron chi connectivity index (χ0n) is 18.4. The molecule has 1 aliphatic rings. The number of non-ortho nitro benzene ring substituents is 1. The second kappa shape index (κ2) is 10.7. The first-order valence-corrected chi connectivity index (χ1v) is 10.8. The molecule has 33 heavy (non-hydrogen) atoms. The van der Waals surface area contributed by atoms with E-state index < -0.39 is 4.92 Å². The van der Waals surface area contributed by atoms with Crippen molar-refractivity contribution < 1.29 is 23.9 Å². The van der Waals surface area contributed by atoms with Crippen molar-refractivity contribution in [3.8, 4) is 28.7 Å². The number of nitro groups is 1. The van der Waals surface area contributed by atoms with E-state index in [1.807, 2.05) is 48.5 Å². The molecule has 8 nitrogen and oxygen atoms in total. The minimum absolute atomic E-state index is 0.0578. The first-order valence-electron chi connectivity index (χ1n) is 10.8. The number of benzene rings is 3. The summed E-state index contributed by atoms with van der Waals surface area (Å²) in [5, 5.41) is 14.3. The van der Waals surface area contributed by atoms with Crippen LogP contribution in [0.4, 0.5) is 5.69 Å². The van der Waals surface area contributed by atoms with Gasteiger partial charge in [0.2, 0.25) is 0 Å². The lowest BCUT2D eigenvalue weighted by atomic mass is 10.1. The highest BCUT2D eigenvalue weighted by molar-refractivity contribution is 5.50. The summed E-state index contributed by atoms with van der Waals surface area (Å²) in [6.07, 6.45) is 2.31. The molecule has 8 heteroatoms. The van der Waals surface area contributed by atoms with Gasteiger partial charge in [0.1, 0.15) is 30.0 Å². The molecule has 1 fully saturated rings. The van der Waals surface area contributed by atoms with Gasteiger partial charge in [-0.3, -0.25) is 10.1 Å². The number of ether oxygens (including phenoxy) is 4. The molecule has 3 aromatic carbocycles. The summed E-state index contributed by atoms with van der Waals surface area (Å²) in [7, 11) is 1.44. The highest BCUT2D eigenvalue weighted by atomic mass is 16.6. The van der Waals surface area contributed by atoms with Gasteiger partial charge in [0.15, 0.2) is 11.5 Å². The second-order valence-corrected chi connectivity index (χ2v) is 7.67. The van der Waals surface area contributed by atoms with Crippen LogP contribution in [0, 0.1) is 10.1 Å². The summed E-state index contributed by atoms with van der Waals surface area (Å²) >= 11 is 0. The van der Waals surface area contributed by atoms with Gasteiger partial charge in [0, 0.05) is 6.07 Å². The number of hydrogen-bond acceptors (Lipinski definition) is 7. The number of piperidine rings is 1. The third-order valence-corrected chi connectivity index (χ3v) is 5.33. The van der Waals surface area contributed by atoms with Crippen LogP contribution < -0.4 is 24.3 Å². The molecule has 0 amide bonds. The van der Waals surface area contributed by atoms with Gasteiger partial charge in [0.25, 0.3) is 5.69 Å². The Hall–Kier alpha value is -3.78. The van der Waals surface area contributed by atoms with E-state index >= 15 is 0 Å². The Morgan fingerprint density at radius 1 is 0.909 bits per heavy atom. The van der Waals surface area contributed by atoms with Crippen LogP contribution in [0.15, 0.2) is 66.7 Å². The molecule has 0 radical (unpaired) electrons. The van der Waals surface area contributed by atoms with Gasteiger partial charge < -0.3 is 24.3 Å². The van der Waals surface area contributed by atoms with E-state index in [2.05, 4.69) is 5.32 Å². The molecular formula is C25H26N2O6. The van der Waals surface area contributed by atoms with Crippen LogP contribution in [0.2, 0.25) is 0 Å². The topological polar surface area (TPSA) is 92.1 Å². The summed E-state index contributed by atoms with van der Waals surface area (Å²) in [4.78, 5) is 10.5. The van der Waals surface area contributed by atoms with Crippen LogP contribution in [0.1, 0.15) is 18.4 Å². The largest absolute Gasteiger partial charge is 0.493 e. The van der Waals surface area contributed by atoms with E-state index in [0.717, 1.165) is 43.0 Å². The van der Waals surface area contributed by atoms with Crippen LogP contribution >= 0.6 is 0 Å². The fraction of sp³-hybridized carbons (Fsp3) is 0.280. The van der Waals surface area contributed by atoms with E-state index in [1.165, 1.54) is 25.3 Å². The Labute approximate surface area is 192 Å². The Kier molecular flexibility index (Phi) is 7.26. The van der Waals surface area contributed by atoms with Crippen LogP contribution in [-0.2, 0) is 6.61 Å². The van der Waals surface area contributed by atoms with Gasteiger partial charge in [-0.1, -0.05) is 12.1 Å². The van der Waals surface area contributed by atoms with Crippen molar-refractivity contribution in [2.24, 2.45) is 0 Å². The molecule has 1 heterocycles. The molecule has 0 bridgehead atoms. The lowest BCUT2D eigenvalue weighted by molar-refractivity contribution is -0.384. The minimum atomic E-state index is -0.476. The average molecular weight is 450 g/mol. The number of nitrogens with zero attached hydrogens (tertiary/aromatic N) is 1. The molecule has 1 N–H and O–H groups in total. The van der Waals surface area contributed by atoms with Crippen molar-refractivity contribution in [3.05, 3.63) is 82.4 Å². The van der Waals surface area contributed by atoms with Crippen LogP contribution in [-0.4, -0.2) is 31.2 Å². The predicted octanol–water partition coefficient (Wildman–Crippen LogP) is 5.11. The minimum Gasteiger partial charge on any atom is -0.493 e. The zero-order chi connectivity index (χ0) is 23.0. The highest BCUT2D eigenvalue weighted by Crippen LogP contribution is 2.34. The van der Waals surface area contributed by atoms with Crippen molar-refractivity contribution in [2.75, 3.05) is 20.2 Å². The van der Waals surface area contributed by atoms with E-state index in [9.17, 15) is 10.1 Å². The molecule has 0 spiro atoms. The molecular weight excluding hydrogens is 424 g/mol. The Morgan fingerprint density at radius 2 is 1.58 bits per heavy atom. The maximum Gasteiger partial charge on any atom is 0.273 e. The van der Waals surface area contributed by atoms with Gasteiger partial charge >= 0.3 is 0 Å². The van der Waals surface area contributed by atoms with E-state index in [0.29, 0.717) is 23.9 Å². The Balaban J connectivity index is 1.30. The quantitative estimate of drug-likeness (QED) is 0.358. The van der Waals surface area contributed by atoms with Crippen molar-refractivity contribution in [2.45, 2.75) is 25.6 Å². The standard InChI is InChI=1S/C25H26N2O6/c1-30-25-16-19(27(28)29)4-11-24(25)33-22-5-2-18(3-6-22)17-31-20-7-9-21(10-8-20)32-23-12-14-26-15-13-23/h2-11,16,23,26H,12-15,17H2,1H3. The molecule has 0 aromatic heterocycles. The summed E-state index contributed by atoms with van der Waals surface area (Å²) in [5.74, 6) is 2.91. The predicted molar refractivity (Wildman–Crippen MR) is 123 cm³/mol. The van der Waals surface area contributed by atoms with Crippen molar-refractivity contribution in [3.63, 3.8) is 0 Å². The van der Waals surface area contributed by atoms with Crippen molar-refractivity contribution in [1.82, 2.24) is 5.32 Å². The van der Waals surface area contributed by atoms with Gasteiger partial charge in [-0.2, -0.15) is 0 Å². The average Bonchev–Trinajstić information content (AvgIpc) is 2.85. The number of rotatable bonds is 9. The lowest BCUT2D eigenvalue weighted by Crippen LogP contribution is -2.34. The number of nitrogens with one attached hydrogen (secondary N) is 1. The SMILES string of the molecule is COc1cc([N+](=O)[O-])ccc1Oc1ccc(COc2ccc(OC3CCNCC3)cc2)cc1. The number of hydrogen-bond donors (Lipinski definition) is 1. The number of nitro benzene ring substituents is 1. The third kappa shape index (κ3) is 6.14. The fourth-order valence-electron chi connectivity index (χ4n) is 3.52. The van der Waals surface area contributed by atoms with Crippen LogP contribution in [0.3, 0.4) is 0 Å². The molecule has 4 rings (SSSR count). The van der Waals surface area contributed by atoms with E-state index in [-0.39, 0.29) is 11.8 Å². The Morgan fingerprint density at radius 3 is 2.24 bits per heavy atom. The molecule has 0 atom stereocenters. The lowest BCUT2D eigenvalue weighted by Gasteiger charge is -2.23. The maximum atomic E-state index is 10.9. The van der Waals surface area contributed by atoms with E-state index in [4.69, 9.17) is 18.9 Å². The molecule has 0 saturated carbocycles. The Bertz CT molecular complexity index is 1060. The summed E-state index contributed by atoms with van der Waals surface area (Å²) in [5.41, 5.74) is 0.922. The van der Waals surface area contributed by atoms with Crippen LogP contribution in [0.25, 0.3) is 0 Å². The molecule has 172 valence electrons. The summed E-state index contributed by atoms with van der Waals surface area (Å²) < 4.78 is 22.9. The summed E-state index contributed by atoms with van der Waals surface area (Å²) in [6.45, 7) is 2.41. The smallest absolute Gasteiger partial charge is 0.273 e. The second-order valence-electron chi connectivity index (χ2n) is 7.67. The van der Waals surface area contributed by atoms with Gasteiger partial charge in [-0.25, -0.2) is 0 Å². The summed E-state index contributed by atoms with van der Waals surface area (Å²) in [6, 6.07) is 19.4. The highest BCUT2D eigenvalue weighted by Gasteiger charge is 2.15. The maximum absolute atomic E-state index is 10.9. The fourth-order valence-corrected chi connectivity index (χ4v) is 3.52. The molecule has 1 aliphatic heterocycles. The van der Waals surface area contributed by atoms with Crippen LogP contribution in [0.5, 0.6) is 28.7 Å². The molecule has 0 aliphatic carbocycles. The van der Waals surface area contributed by atoms with Gasteiger partial charge in [-0.05, 0) is 74.0 Å². The first kappa shape index (κ1) is 22.4.